The van der Waals surface area contributed by atoms with Crippen molar-refractivity contribution in [3.63, 3.8) is 0 Å². The number of rotatable bonds is 1. The number of aryl methyl sites for hydroxylation is 1. The van der Waals surface area contributed by atoms with Gasteiger partial charge in [-0.3, -0.25) is 4.79 Å². The molecule has 2 rings (SSSR count). The predicted octanol–water partition coefficient (Wildman–Crippen LogP) is 1.93. The topological polar surface area (TPSA) is 46.3 Å². The molecule has 0 saturated carbocycles. The molecule has 16 heavy (non-hydrogen) atoms. The Morgan fingerprint density at radius 3 is 2.88 bits per heavy atom. The highest BCUT2D eigenvalue weighted by Gasteiger charge is 2.25. The summed E-state index contributed by atoms with van der Waals surface area (Å²) in [7, 11) is 0. The molecule has 0 radical (unpaired) electrons. The maximum atomic E-state index is 12.2. The van der Waals surface area contributed by atoms with Crippen molar-refractivity contribution in [2.45, 2.75) is 19.4 Å². The van der Waals surface area contributed by atoms with Gasteiger partial charge >= 0.3 is 0 Å². The summed E-state index contributed by atoms with van der Waals surface area (Å²) in [6.45, 7) is 3.43. The fourth-order valence-electron chi connectivity index (χ4n) is 1.94. The first kappa shape index (κ1) is 11.6. The number of hydrogen-bond donors (Lipinski definition) is 1. The number of carbonyl (C=O) groups is 1. The molecule has 0 bridgehead atoms. The van der Waals surface area contributed by atoms with E-state index in [4.69, 9.17) is 5.73 Å². The molecule has 1 aliphatic heterocycles. The molecule has 1 fully saturated rings. The SMILES string of the molecule is Cc1ccc(C(=O)N2CC[C@@H](N)C2)c(Br)c1. The van der Waals surface area contributed by atoms with Gasteiger partial charge in [-0.15, -0.1) is 0 Å². The molecule has 0 spiro atoms. The zero-order chi connectivity index (χ0) is 11.7. The van der Waals surface area contributed by atoms with Crippen molar-refractivity contribution in [2.75, 3.05) is 13.1 Å². The summed E-state index contributed by atoms with van der Waals surface area (Å²) < 4.78 is 0.859. The molecule has 0 aromatic heterocycles. The van der Waals surface area contributed by atoms with Gasteiger partial charge in [0.1, 0.15) is 0 Å². The largest absolute Gasteiger partial charge is 0.337 e. The van der Waals surface area contributed by atoms with E-state index in [1.807, 2.05) is 30.0 Å². The fourth-order valence-corrected chi connectivity index (χ4v) is 2.60. The molecule has 4 heteroatoms. The molecule has 1 amide bonds. The molecule has 3 nitrogen and oxygen atoms in total. The molecule has 1 heterocycles. The monoisotopic (exact) mass is 282 g/mol. The lowest BCUT2D eigenvalue weighted by Gasteiger charge is -2.16. The van der Waals surface area contributed by atoms with E-state index in [2.05, 4.69) is 15.9 Å². The lowest BCUT2D eigenvalue weighted by Crippen LogP contribution is -2.32. The number of likely N-dealkylation sites (tertiary alicyclic amines) is 1. The van der Waals surface area contributed by atoms with Gasteiger partial charge in [-0.1, -0.05) is 6.07 Å². The number of hydrogen-bond acceptors (Lipinski definition) is 2. The molecule has 0 unspecified atom stereocenters. The summed E-state index contributed by atoms with van der Waals surface area (Å²) in [5.41, 5.74) is 7.66. The third-order valence-electron chi connectivity index (χ3n) is 2.87. The van der Waals surface area contributed by atoms with E-state index in [0.29, 0.717) is 6.54 Å². The van der Waals surface area contributed by atoms with E-state index < -0.39 is 0 Å². The summed E-state index contributed by atoms with van der Waals surface area (Å²) in [4.78, 5) is 14.0. The Hall–Kier alpha value is -0.870. The van der Waals surface area contributed by atoms with Crippen molar-refractivity contribution < 1.29 is 4.79 Å². The van der Waals surface area contributed by atoms with Gasteiger partial charge in [0.05, 0.1) is 5.56 Å². The Balaban J connectivity index is 2.21. The van der Waals surface area contributed by atoms with Crippen LogP contribution >= 0.6 is 15.9 Å². The molecule has 1 aromatic carbocycles. The van der Waals surface area contributed by atoms with Gasteiger partial charge < -0.3 is 10.6 Å². The lowest BCUT2D eigenvalue weighted by molar-refractivity contribution is 0.0790. The minimum atomic E-state index is 0.0693. The van der Waals surface area contributed by atoms with Gasteiger partial charge in [0.15, 0.2) is 0 Å². The van der Waals surface area contributed by atoms with Gasteiger partial charge in [-0.2, -0.15) is 0 Å². The molecule has 1 aromatic rings. The Morgan fingerprint density at radius 1 is 1.56 bits per heavy atom. The summed E-state index contributed by atoms with van der Waals surface area (Å²) in [5, 5.41) is 0. The third kappa shape index (κ3) is 2.28. The van der Waals surface area contributed by atoms with Crippen molar-refractivity contribution in [1.29, 1.82) is 0 Å². The Morgan fingerprint density at radius 2 is 2.31 bits per heavy atom. The van der Waals surface area contributed by atoms with Crippen molar-refractivity contribution in [3.05, 3.63) is 33.8 Å². The first-order valence-electron chi connectivity index (χ1n) is 5.39. The van der Waals surface area contributed by atoms with E-state index in [1.54, 1.807) is 0 Å². The molecule has 2 N–H and O–H groups in total. The Bertz CT molecular complexity index is 419. The number of amides is 1. The van der Waals surface area contributed by atoms with Gasteiger partial charge in [0.25, 0.3) is 5.91 Å². The van der Waals surface area contributed by atoms with Gasteiger partial charge in [0, 0.05) is 23.6 Å². The van der Waals surface area contributed by atoms with Crippen LogP contribution in [-0.2, 0) is 0 Å². The summed E-state index contributed by atoms with van der Waals surface area (Å²) >= 11 is 3.43. The van der Waals surface area contributed by atoms with Crippen LogP contribution in [0, 0.1) is 6.92 Å². The smallest absolute Gasteiger partial charge is 0.255 e. The fraction of sp³-hybridized carbons (Fsp3) is 0.417. The van der Waals surface area contributed by atoms with Crippen LogP contribution in [0.5, 0.6) is 0 Å². The maximum absolute atomic E-state index is 12.2. The van der Waals surface area contributed by atoms with Crippen LogP contribution in [0.1, 0.15) is 22.3 Å². The van der Waals surface area contributed by atoms with Crippen molar-refractivity contribution in [2.24, 2.45) is 5.73 Å². The molecular weight excluding hydrogens is 268 g/mol. The van der Waals surface area contributed by atoms with Crippen LogP contribution in [0.3, 0.4) is 0 Å². The number of benzene rings is 1. The average Bonchev–Trinajstić information content (AvgIpc) is 2.64. The number of nitrogens with two attached hydrogens (primary N) is 1. The van der Waals surface area contributed by atoms with E-state index in [-0.39, 0.29) is 11.9 Å². The second-order valence-electron chi connectivity index (χ2n) is 4.28. The molecular formula is C12H15BrN2O. The minimum absolute atomic E-state index is 0.0693. The Labute approximate surface area is 104 Å². The van der Waals surface area contributed by atoms with Crippen molar-refractivity contribution in [3.8, 4) is 0 Å². The third-order valence-corrected chi connectivity index (χ3v) is 3.52. The highest BCUT2D eigenvalue weighted by atomic mass is 79.9. The quantitative estimate of drug-likeness (QED) is 0.856. The van der Waals surface area contributed by atoms with E-state index in [1.165, 1.54) is 0 Å². The van der Waals surface area contributed by atoms with Gasteiger partial charge in [0.2, 0.25) is 0 Å². The highest BCUT2D eigenvalue weighted by Crippen LogP contribution is 2.21. The van der Waals surface area contributed by atoms with E-state index in [9.17, 15) is 4.79 Å². The normalized spacial score (nSPS) is 20.2. The van der Waals surface area contributed by atoms with E-state index in [0.717, 1.165) is 28.6 Å². The number of halogens is 1. The molecule has 1 aliphatic rings. The maximum Gasteiger partial charge on any atom is 0.255 e. The molecule has 0 aliphatic carbocycles. The number of nitrogens with zero attached hydrogens (tertiary/aromatic N) is 1. The Kier molecular flexibility index (Phi) is 3.30. The minimum Gasteiger partial charge on any atom is -0.337 e. The second-order valence-corrected chi connectivity index (χ2v) is 5.14. The second kappa shape index (κ2) is 4.55. The molecule has 1 saturated heterocycles. The van der Waals surface area contributed by atoms with Crippen LogP contribution < -0.4 is 5.73 Å². The summed E-state index contributed by atoms with van der Waals surface area (Å²) in [6, 6.07) is 5.91. The first-order chi connectivity index (χ1) is 7.58. The van der Waals surface area contributed by atoms with Crippen LogP contribution in [0.25, 0.3) is 0 Å². The van der Waals surface area contributed by atoms with Crippen LogP contribution in [0.2, 0.25) is 0 Å². The standard InChI is InChI=1S/C12H15BrN2O/c1-8-2-3-10(11(13)6-8)12(16)15-5-4-9(14)7-15/h2-3,6,9H,4-5,7,14H2,1H3/t9-/m1/s1. The van der Waals surface area contributed by atoms with Crippen LogP contribution in [-0.4, -0.2) is 29.9 Å². The summed E-state index contributed by atoms with van der Waals surface area (Å²) in [6.07, 6.45) is 0.898. The van der Waals surface area contributed by atoms with E-state index >= 15 is 0 Å². The molecule has 86 valence electrons. The average molecular weight is 283 g/mol. The van der Waals surface area contributed by atoms with Crippen LogP contribution in [0.15, 0.2) is 22.7 Å². The van der Waals surface area contributed by atoms with Gasteiger partial charge in [-0.25, -0.2) is 0 Å². The van der Waals surface area contributed by atoms with Gasteiger partial charge in [-0.05, 0) is 47.0 Å². The highest BCUT2D eigenvalue weighted by molar-refractivity contribution is 9.10. The number of carbonyl (C=O) groups excluding carboxylic acids is 1. The van der Waals surface area contributed by atoms with Crippen LogP contribution in [0.4, 0.5) is 0 Å². The lowest BCUT2D eigenvalue weighted by atomic mass is 10.1. The van der Waals surface area contributed by atoms with Crippen molar-refractivity contribution >= 4 is 21.8 Å². The summed E-state index contributed by atoms with van der Waals surface area (Å²) in [5.74, 6) is 0.0693. The zero-order valence-corrected chi connectivity index (χ0v) is 10.8. The molecule has 1 atom stereocenters. The zero-order valence-electron chi connectivity index (χ0n) is 9.24. The predicted molar refractivity (Wildman–Crippen MR) is 67.4 cm³/mol. The van der Waals surface area contributed by atoms with Crippen molar-refractivity contribution in [1.82, 2.24) is 4.90 Å². The first-order valence-corrected chi connectivity index (χ1v) is 6.18.